The van der Waals surface area contributed by atoms with E-state index in [1.54, 1.807) is 48.3 Å². The monoisotopic (exact) mass is 527 g/mol. The van der Waals surface area contributed by atoms with Gasteiger partial charge in [-0.15, -0.1) is 0 Å². The number of nitrogens with zero attached hydrogens (tertiary/aromatic N) is 4. The van der Waals surface area contributed by atoms with Crippen LogP contribution in [0, 0.1) is 10.8 Å². The molecule has 204 valence electrons. The van der Waals surface area contributed by atoms with E-state index in [4.69, 9.17) is 5.73 Å². The molecule has 2 aliphatic heterocycles. The highest BCUT2D eigenvalue weighted by atomic mass is 16.4. The van der Waals surface area contributed by atoms with E-state index >= 15 is 0 Å². The van der Waals surface area contributed by atoms with Gasteiger partial charge in [0, 0.05) is 25.5 Å². The highest BCUT2D eigenvalue weighted by Crippen LogP contribution is 2.62. The number of unbranched alkanes of at least 4 members (excludes halogenated alkanes) is 1. The van der Waals surface area contributed by atoms with Crippen LogP contribution in [-0.2, 0) is 14.4 Å². The molecule has 5 atom stereocenters. The molecule has 2 fully saturated rings. The minimum Gasteiger partial charge on any atom is -0.481 e. The Bertz CT molecular complexity index is 1090. The summed E-state index contributed by atoms with van der Waals surface area (Å²) in [6.45, 7) is -0.422. The summed E-state index contributed by atoms with van der Waals surface area (Å²) in [7, 11) is 1.60. The average molecular weight is 528 g/mol. The van der Waals surface area contributed by atoms with Crippen molar-refractivity contribution in [3.8, 4) is 0 Å². The quantitative estimate of drug-likeness (QED) is 0.271. The zero-order chi connectivity index (χ0) is 27.7. The van der Waals surface area contributed by atoms with E-state index in [2.05, 4.69) is 9.97 Å². The molecular weight excluding hydrogens is 494 g/mol. The first-order chi connectivity index (χ1) is 18.1. The molecule has 12 heteroatoms. The molecule has 38 heavy (non-hydrogen) atoms. The van der Waals surface area contributed by atoms with Gasteiger partial charge in [0.15, 0.2) is 0 Å². The molecule has 2 saturated heterocycles. The van der Waals surface area contributed by atoms with Crippen LogP contribution in [0.5, 0.6) is 0 Å². The fourth-order valence-electron chi connectivity index (χ4n) is 6.50. The number of pyridine rings is 2. The van der Waals surface area contributed by atoms with Gasteiger partial charge < -0.3 is 26.2 Å². The Morgan fingerprint density at radius 1 is 0.947 bits per heavy atom. The number of hydrogen-bond acceptors (Lipinski definition) is 9. The van der Waals surface area contributed by atoms with Gasteiger partial charge in [0.1, 0.15) is 16.9 Å². The van der Waals surface area contributed by atoms with Crippen molar-refractivity contribution in [2.45, 2.75) is 43.5 Å². The van der Waals surface area contributed by atoms with Crippen LogP contribution in [0.2, 0.25) is 0 Å². The Labute approximate surface area is 219 Å². The van der Waals surface area contributed by atoms with Crippen LogP contribution in [0.25, 0.3) is 0 Å². The van der Waals surface area contributed by atoms with Gasteiger partial charge in [-0.25, -0.2) is 0 Å². The van der Waals surface area contributed by atoms with Crippen molar-refractivity contribution in [2.24, 2.45) is 16.6 Å². The van der Waals surface area contributed by atoms with Crippen molar-refractivity contribution in [1.29, 1.82) is 0 Å². The molecule has 0 aromatic carbocycles. The molecular formula is C26H33N5O7. The molecule has 6 N–H and O–H groups in total. The highest BCUT2D eigenvalue weighted by Gasteiger charge is 2.75. The van der Waals surface area contributed by atoms with Crippen LogP contribution >= 0.6 is 0 Å². The number of fused-ring (bicyclic) bond motifs is 2. The smallest absolute Gasteiger partial charge is 0.320 e. The van der Waals surface area contributed by atoms with E-state index < -0.39 is 66.1 Å². The van der Waals surface area contributed by atoms with Gasteiger partial charge in [-0.1, -0.05) is 18.6 Å². The third-order valence-electron chi connectivity index (χ3n) is 8.09. The number of aromatic nitrogens is 2. The summed E-state index contributed by atoms with van der Waals surface area (Å²) in [5.74, 6) is -4.07. The fraction of sp³-hybridized carbons (Fsp3) is 0.500. The van der Waals surface area contributed by atoms with Crippen molar-refractivity contribution < 1.29 is 34.8 Å². The second-order valence-corrected chi connectivity index (χ2v) is 10.1. The number of piperidine rings is 2. The number of nitrogens with two attached hydrogens (primary N) is 1. The molecule has 0 amide bonds. The van der Waals surface area contributed by atoms with E-state index in [0.717, 1.165) is 0 Å². The first-order valence-electron chi connectivity index (χ1n) is 12.5. The van der Waals surface area contributed by atoms with Crippen molar-refractivity contribution in [2.75, 3.05) is 26.7 Å². The zero-order valence-corrected chi connectivity index (χ0v) is 21.1. The number of aliphatic hydroxyl groups is 1. The molecule has 0 saturated carbocycles. The Hall–Kier alpha value is -3.45. The summed E-state index contributed by atoms with van der Waals surface area (Å²) < 4.78 is 0. The molecule has 4 unspecified atom stereocenters. The SMILES string of the molecule is CN1C(c2ccccn2)C2(C(=O)O)CN([C@H](CCCCN)C(=O)O)CC(C(=O)O)(C1c1ccccn1)C2O. The van der Waals surface area contributed by atoms with E-state index in [9.17, 15) is 34.8 Å². The maximum absolute atomic E-state index is 13.2. The minimum atomic E-state index is -2.12. The van der Waals surface area contributed by atoms with E-state index in [0.29, 0.717) is 30.8 Å². The maximum Gasteiger partial charge on any atom is 0.320 e. The lowest BCUT2D eigenvalue weighted by Crippen LogP contribution is -2.78. The standard InChI is InChI=1S/C26H33N5O7/c1-30-19(16-8-3-6-12-28-16)25(23(35)36)14-31(18(21(32)33)10-2-5-11-27)15-26(22(25)34,24(37)38)20(30)17-9-4-7-13-29-17/h3-4,6-9,12-13,18-20,22,34H,2,5,10-11,14-15,27H2,1H3,(H,32,33)(H,35,36)(H,37,38)/t18-,19?,20?,22?,25?,26?/m1/s1. The van der Waals surface area contributed by atoms with Crippen LogP contribution in [0.15, 0.2) is 48.8 Å². The van der Waals surface area contributed by atoms with Crippen molar-refractivity contribution >= 4 is 17.9 Å². The van der Waals surface area contributed by atoms with Crippen LogP contribution in [0.4, 0.5) is 0 Å². The fourth-order valence-corrected chi connectivity index (χ4v) is 6.50. The first-order valence-corrected chi connectivity index (χ1v) is 12.5. The lowest BCUT2D eigenvalue weighted by molar-refractivity contribution is -0.250. The number of aliphatic hydroxyl groups excluding tert-OH is 1. The van der Waals surface area contributed by atoms with Gasteiger partial charge in [-0.05, 0) is 50.7 Å². The zero-order valence-electron chi connectivity index (χ0n) is 21.1. The van der Waals surface area contributed by atoms with Crippen molar-refractivity contribution in [3.05, 3.63) is 60.2 Å². The third kappa shape index (κ3) is 4.23. The van der Waals surface area contributed by atoms with E-state index in [1.165, 1.54) is 17.3 Å². The predicted octanol–water partition coefficient (Wildman–Crippen LogP) is 0.605. The second kappa shape index (κ2) is 10.7. The number of likely N-dealkylation sites (tertiary alicyclic amines) is 2. The third-order valence-corrected chi connectivity index (χ3v) is 8.09. The summed E-state index contributed by atoms with van der Waals surface area (Å²) in [6.07, 6.45) is 2.26. The number of rotatable bonds is 10. The molecule has 2 aromatic rings. The summed E-state index contributed by atoms with van der Waals surface area (Å²) in [4.78, 5) is 50.7. The van der Waals surface area contributed by atoms with Gasteiger partial charge in [0.25, 0.3) is 0 Å². The minimum absolute atomic E-state index is 0.145. The second-order valence-electron chi connectivity index (χ2n) is 10.1. The molecule has 2 aliphatic rings. The van der Waals surface area contributed by atoms with Crippen LogP contribution in [0.1, 0.15) is 42.7 Å². The lowest BCUT2D eigenvalue weighted by atomic mass is 9.53. The van der Waals surface area contributed by atoms with Crippen molar-refractivity contribution in [1.82, 2.24) is 19.8 Å². The molecule has 0 spiro atoms. The summed E-state index contributed by atoms with van der Waals surface area (Å²) in [5.41, 5.74) is 1.98. The van der Waals surface area contributed by atoms with Crippen LogP contribution < -0.4 is 5.73 Å². The normalized spacial score (nSPS) is 30.4. The number of aliphatic carboxylic acids is 3. The Balaban J connectivity index is 2.00. The molecule has 0 aliphatic carbocycles. The predicted molar refractivity (Wildman–Crippen MR) is 134 cm³/mol. The maximum atomic E-state index is 13.2. The number of carbonyl (C=O) groups is 3. The van der Waals surface area contributed by atoms with Gasteiger partial charge in [0.05, 0.1) is 29.6 Å². The molecule has 4 heterocycles. The summed E-state index contributed by atoms with van der Waals surface area (Å²) in [6, 6.07) is 6.56. The molecule has 0 radical (unpaired) electrons. The van der Waals surface area contributed by atoms with Gasteiger partial charge in [-0.3, -0.25) is 34.2 Å². The van der Waals surface area contributed by atoms with E-state index in [-0.39, 0.29) is 6.42 Å². The molecule has 2 aromatic heterocycles. The lowest BCUT2D eigenvalue weighted by Gasteiger charge is -2.64. The Morgan fingerprint density at radius 2 is 1.45 bits per heavy atom. The summed E-state index contributed by atoms with van der Waals surface area (Å²) >= 11 is 0. The Kier molecular flexibility index (Phi) is 7.79. The van der Waals surface area contributed by atoms with Gasteiger partial charge in [0.2, 0.25) is 0 Å². The molecule has 12 nitrogen and oxygen atoms in total. The highest BCUT2D eigenvalue weighted by molar-refractivity contribution is 5.85. The Morgan fingerprint density at radius 3 is 1.82 bits per heavy atom. The van der Waals surface area contributed by atoms with Gasteiger partial charge >= 0.3 is 17.9 Å². The molecule has 2 bridgehead atoms. The molecule has 4 rings (SSSR count). The van der Waals surface area contributed by atoms with Crippen molar-refractivity contribution in [3.63, 3.8) is 0 Å². The van der Waals surface area contributed by atoms with Crippen LogP contribution in [-0.4, -0.2) is 96.9 Å². The number of carboxylic acid groups (broad SMARTS) is 3. The average Bonchev–Trinajstić information content (AvgIpc) is 2.88. The largest absolute Gasteiger partial charge is 0.481 e. The summed E-state index contributed by atoms with van der Waals surface area (Å²) in [5, 5.41) is 43.6. The van der Waals surface area contributed by atoms with E-state index in [1.807, 2.05) is 0 Å². The van der Waals surface area contributed by atoms with Crippen LogP contribution in [0.3, 0.4) is 0 Å². The number of hydrogen-bond donors (Lipinski definition) is 5. The first kappa shape index (κ1) is 27.6. The topological polar surface area (TPSA) is 190 Å². The van der Waals surface area contributed by atoms with Gasteiger partial charge in [-0.2, -0.15) is 0 Å². The number of carboxylic acids is 3.